The van der Waals surface area contributed by atoms with Gasteiger partial charge < -0.3 is 0 Å². The molecule has 2 bridgehead atoms. The van der Waals surface area contributed by atoms with E-state index in [0.29, 0.717) is 28.3 Å². The predicted molar refractivity (Wildman–Crippen MR) is 97.0 cm³/mol. The number of thioether (sulfide) groups is 1. The lowest BCUT2D eigenvalue weighted by molar-refractivity contribution is -0.128. The number of halogens is 2. The van der Waals surface area contributed by atoms with E-state index in [-0.39, 0.29) is 17.6 Å². The summed E-state index contributed by atoms with van der Waals surface area (Å²) in [7, 11) is 0. The Bertz CT molecular complexity index is 641. The number of hydrogen-bond acceptors (Lipinski definition) is 3. The van der Waals surface area contributed by atoms with Gasteiger partial charge in [0, 0.05) is 16.3 Å². The Kier molecular flexibility index (Phi) is 5.95. The van der Waals surface area contributed by atoms with E-state index in [0.717, 1.165) is 17.2 Å². The third kappa shape index (κ3) is 4.58. The van der Waals surface area contributed by atoms with Crippen LogP contribution >= 0.6 is 35.0 Å². The van der Waals surface area contributed by atoms with Gasteiger partial charge in [0.1, 0.15) is 0 Å². The van der Waals surface area contributed by atoms with Crippen molar-refractivity contribution >= 4 is 46.8 Å². The molecular formula is C17H20Cl2N2O2S. The largest absolute Gasteiger partial charge is 0.273 e. The van der Waals surface area contributed by atoms with Crippen molar-refractivity contribution < 1.29 is 9.59 Å². The van der Waals surface area contributed by atoms with Crippen LogP contribution in [0.15, 0.2) is 23.1 Å². The first-order chi connectivity index (χ1) is 11.5. The quantitative estimate of drug-likeness (QED) is 0.592. The van der Waals surface area contributed by atoms with Crippen LogP contribution in [0.4, 0.5) is 0 Å². The monoisotopic (exact) mass is 386 g/mol. The number of fused-ring (bicyclic) bond motifs is 2. The van der Waals surface area contributed by atoms with Gasteiger partial charge in [0.05, 0.1) is 10.8 Å². The van der Waals surface area contributed by atoms with E-state index in [1.54, 1.807) is 18.2 Å². The Balaban J connectivity index is 1.37. The summed E-state index contributed by atoms with van der Waals surface area (Å²) in [5.74, 6) is 1.80. The van der Waals surface area contributed by atoms with Crippen LogP contribution in [-0.2, 0) is 9.59 Å². The maximum Gasteiger partial charge on any atom is 0.248 e. The molecule has 2 N–H and O–H groups in total. The highest BCUT2D eigenvalue weighted by Gasteiger charge is 2.40. The zero-order valence-corrected chi connectivity index (χ0v) is 15.5. The molecule has 0 spiro atoms. The standard InChI is InChI=1S/C17H20Cl2N2O2S/c18-13-3-4-14(19)15(8-13)24-9-17(23)21-20-16(22)7-12-6-10-1-2-11(12)5-10/h3-4,8,10-12H,1-2,5-7,9H2,(H,20,22)(H,21,23)/t10-,11+,12-/m0/s1. The number of amides is 2. The van der Waals surface area contributed by atoms with E-state index >= 15 is 0 Å². The lowest BCUT2D eigenvalue weighted by Crippen LogP contribution is -2.43. The minimum absolute atomic E-state index is 0.105. The molecule has 0 aliphatic heterocycles. The molecule has 3 atom stereocenters. The summed E-state index contributed by atoms with van der Waals surface area (Å²) in [6.07, 6.45) is 5.53. The Morgan fingerprint density at radius 3 is 2.62 bits per heavy atom. The number of carbonyl (C=O) groups excluding carboxylic acids is 2. The molecule has 7 heteroatoms. The molecule has 2 aliphatic rings. The zero-order chi connectivity index (χ0) is 17.1. The van der Waals surface area contributed by atoms with Crippen LogP contribution < -0.4 is 10.9 Å². The molecule has 24 heavy (non-hydrogen) atoms. The summed E-state index contributed by atoms with van der Waals surface area (Å²) in [6, 6.07) is 5.11. The average Bonchev–Trinajstić information content (AvgIpc) is 3.16. The van der Waals surface area contributed by atoms with Gasteiger partial charge in [-0.05, 0) is 55.2 Å². The van der Waals surface area contributed by atoms with Gasteiger partial charge in [-0.25, -0.2) is 0 Å². The molecule has 2 saturated carbocycles. The second-order valence-electron chi connectivity index (χ2n) is 6.60. The molecule has 2 amide bonds. The van der Waals surface area contributed by atoms with Crippen molar-refractivity contribution in [3.63, 3.8) is 0 Å². The topological polar surface area (TPSA) is 58.2 Å². The molecule has 0 unspecified atom stereocenters. The highest BCUT2D eigenvalue weighted by Crippen LogP contribution is 2.49. The fourth-order valence-corrected chi connectivity index (χ4v) is 5.12. The molecule has 1 aromatic carbocycles. The van der Waals surface area contributed by atoms with E-state index in [2.05, 4.69) is 10.9 Å². The summed E-state index contributed by atoms with van der Waals surface area (Å²) in [4.78, 5) is 24.6. The summed E-state index contributed by atoms with van der Waals surface area (Å²) in [5.41, 5.74) is 4.99. The minimum Gasteiger partial charge on any atom is -0.273 e. The van der Waals surface area contributed by atoms with Crippen LogP contribution in [0.1, 0.15) is 32.1 Å². The number of carbonyl (C=O) groups is 2. The van der Waals surface area contributed by atoms with Crippen molar-refractivity contribution in [3.05, 3.63) is 28.2 Å². The number of benzene rings is 1. The van der Waals surface area contributed by atoms with Crippen molar-refractivity contribution in [1.82, 2.24) is 10.9 Å². The lowest BCUT2D eigenvalue weighted by Gasteiger charge is -2.20. The van der Waals surface area contributed by atoms with Crippen molar-refractivity contribution in [2.24, 2.45) is 17.8 Å². The van der Waals surface area contributed by atoms with E-state index in [1.807, 2.05) is 0 Å². The van der Waals surface area contributed by atoms with Gasteiger partial charge in [-0.15, -0.1) is 11.8 Å². The molecule has 0 heterocycles. The normalized spacial score (nSPS) is 24.8. The molecule has 4 nitrogen and oxygen atoms in total. The average molecular weight is 387 g/mol. The fourth-order valence-electron chi connectivity index (χ4n) is 3.82. The van der Waals surface area contributed by atoms with Gasteiger partial charge in [-0.3, -0.25) is 20.4 Å². The molecule has 1 aromatic rings. The fraction of sp³-hybridized carbons (Fsp3) is 0.529. The van der Waals surface area contributed by atoms with Crippen molar-refractivity contribution in [2.75, 3.05) is 5.75 Å². The Morgan fingerprint density at radius 1 is 1.12 bits per heavy atom. The van der Waals surface area contributed by atoms with Gasteiger partial charge in [0.2, 0.25) is 11.8 Å². The Labute approximate surface area is 156 Å². The second-order valence-corrected chi connectivity index (χ2v) is 8.46. The van der Waals surface area contributed by atoms with Crippen molar-refractivity contribution in [1.29, 1.82) is 0 Å². The predicted octanol–water partition coefficient (Wildman–Crippen LogP) is 4.06. The first-order valence-corrected chi connectivity index (χ1v) is 9.91. The highest BCUT2D eigenvalue weighted by molar-refractivity contribution is 8.00. The first kappa shape index (κ1) is 17.9. The third-order valence-corrected chi connectivity index (χ3v) is 6.66. The van der Waals surface area contributed by atoms with Crippen LogP contribution in [0, 0.1) is 17.8 Å². The van der Waals surface area contributed by atoms with Gasteiger partial charge in [-0.1, -0.05) is 29.6 Å². The maximum absolute atomic E-state index is 12.0. The SMILES string of the molecule is O=C(CSc1cc(Cl)ccc1Cl)NNC(=O)C[C@@H]1C[C@H]2CC[C@@H]1C2. The molecule has 2 fully saturated rings. The summed E-state index contributed by atoms with van der Waals surface area (Å²) in [5, 5.41) is 1.12. The number of hydrazine groups is 1. The van der Waals surface area contributed by atoms with Crippen LogP contribution in [0.5, 0.6) is 0 Å². The van der Waals surface area contributed by atoms with Gasteiger partial charge in [0.15, 0.2) is 0 Å². The van der Waals surface area contributed by atoms with E-state index in [4.69, 9.17) is 23.2 Å². The third-order valence-electron chi connectivity index (χ3n) is 4.93. The summed E-state index contributed by atoms with van der Waals surface area (Å²) >= 11 is 13.2. The minimum atomic E-state index is -0.266. The molecule has 130 valence electrons. The molecule has 0 aromatic heterocycles. The van der Waals surface area contributed by atoms with Crippen molar-refractivity contribution in [3.8, 4) is 0 Å². The van der Waals surface area contributed by atoms with E-state index in [9.17, 15) is 9.59 Å². The van der Waals surface area contributed by atoms with Crippen LogP contribution in [0.3, 0.4) is 0 Å². The lowest BCUT2D eigenvalue weighted by atomic mass is 9.86. The summed E-state index contributed by atoms with van der Waals surface area (Å²) < 4.78 is 0. The highest BCUT2D eigenvalue weighted by atomic mass is 35.5. The smallest absolute Gasteiger partial charge is 0.248 e. The first-order valence-electron chi connectivity index (χ1n) is 8.17. The summed E-state index contributed by atoms with van der Waals surface area (Å²) in [6.45, 7) is 0. The van der Waals surface area contributed by atoms with Crippen molar-refractivity contribution in [2.45, 2.75) is 37.0 Å². The van der Waals surface area contributed by atoms with Gasteiger partial charge in [0.25, 0.3) is 0 Å². The molecular weight excluding hydrogens is 367 g/mol. The number of nitrogens with one attached hydrogen (secondary N) is 2. The number of rotatable bonds is 5. The molecule has 0 radical (unpaired) electrons. The molecule has 3 rings (SSSR count). The molecule has 2 aliphatic carbocycles. The van der Waals surface area contributed by atoms with Crippen LogP contribution in [0.2, 0.25) is 10.0 Å². The number of hydrogen-bond donors (Lipinski definition) is 2. The molecule has 0 saturated heterocycles. The Morgan fingerprint density at radius 2 is 1.92 bits per heavy atom. The van der Waals surface area contributed by atoms with Crippen LogP contribution in [-0.4, -0.2) is 17.6 Å². The van der Waals surface area contributed by atoms with Crippen LogP contribution in [0.25, 0.3) is 0 Å². The van der Waals surface area contributed by atoms with Gasteiger partial charge in [-0.2, -0.15) is 0 Å². The Hall–Kier alpha value is -0.910. The van der Waals surface area contributed by atoms with Gasteiger partial charge >= 0.3 is 0 Å². The van der Waals surface area contributed by atoms with E-state index in [1.165, 1.54) is 31.0 Å². The van der Waals surface area contributed by atoms with E-state index < -0.39 is 0 Å². The maximum atomic E-state index is 12.0. The zero-order valence-electron chi connectivity index (χ0n) is 13.2. The second kappa shape index (κ2) is 7.98.